The van der Waals surface area contributed by atoms with Crippen LogP contribution in [0.1, 0.15) is 13.8 Å². The first-order chi connectivity index (χ1) is 10.8. The van der Waals surface area contributed by atoms with Crippen LogP contribution in [0.15, 0.2) is 36.4 Å². The van der Waals surface area contributed by atoms with Gasteiger partial charge in [0.25, 0.3) is 11.8 Å². The predicted molar refractivity (Wildman–Crippen MR) is 88.7 cm³/mol. The summed E-state index contributed by atoms with van der Waals surface area (Å²) in [7, 11) is 1.78. The predicted octanol–water partition coefficient (Wildman–Crippen LogP) is 0.704. The highest BCUT2D eigenvalue weighted by molar-refractivity contribution is 5.91. The highest BCUT2D eigenvalue weighted by Crippen LogP contribution is 2.08. The highest BCUT2D eigenvalue weighted by atomic mass is 19.1. The molecule has 2 N–H and O–H groups in total. The van der Waals surface area contributed by atoms with Crippen molar-refractivity contribution in [3.05, 3.63) is 42.2 Å². The molecule has 1 rings (SSSR count). The molecule has 0 spiro atoms. The Labute approximate surface area is 136 Å². The van der Waals surface area contributed by atoms with Gasteiger partial charge in [0.05, 0.1) is 7.05 Å². The summed E-state index contributed by atoms with van der Waals surface area (Å²) < 4.78 is 13.1. The van der Waals surface area contributed by atoms with Crippen molar-refractivity contribution in [1.82, 2.24) is 4.90 Å². The number of hydrogen-bond donors (Lipinski definition) is 2. The van der Waals surface area contributed by atoms with Crippen molar-refractivity contribution >= 4 is 17.5 Å². The Balaban J connectivity index is 2.48. The summed E-state index contributed by atoms with van der Waals surface area (Å²) in [5.41, 5.74) is 1.33. The number of benzene rings is 1. The first-order valence-corrected chi connectivity index (χ1v) is 7.60. The fourth-order valence-electron chi connectivity index (χ4n) is 2.18. The Kier molecular flexibility index (Phi) is 7.41. The molecule has 1 aromatic carbocycles. The number of nitrogens with zero attached hydrogens (tertiary/aromatic N) is 1. The van der Waals surface area contributed by atoms with Crippen molar-refractivity contribution in [2.24, 2.45) is 0 Å². The Hall–Kier alpha value is -2.21. The van der Waals surface area contributed by atoms with Crippen molar-refractivity contribution in [1.29, 1.82) is 0 Å². The molecule has 0 aliphatic heterocycles. The van der Waals surface area contributed by atoms with E-state index in [1.807, 2.05) is 13.8 Å². The molecule has 0 heterocycles. The van der Waals surface area contributed by atoms with Crippen LogP contribution in [-0.4, -0.2) is 49.9 Å². The first-order valence-electron chi connectivity index (χ1n) is 7.60. The molecule has 5 nitrogen and oxygen atoms in total. The van der Waals surface area contributed by atoms with Gasteiger partial charge in [-0.15, -0.1) is 0 Å². The number of carbonyl (C=O) groups excluding carboxylic acids is 2. The van der Waals surface area contributed by atoms with E-state index in [-0.39, 0.29) is 24.9 Å². The van der Waals surface area contributed by atoms with Gasteiger partial charge in [0.2, 0.25) is 0 Å². The van der Waals surface area contributed by atoms with Gasteiger partial charge in [-0.25, -0.2) is 4.39 Å². The van der Waals surface area contributed by atoms with Gasteiger partial charge in [-0.05, 0) is 32.0 Å². The molecular weight excluding hydrogens is 297 g/mol. The van der Waals surface area contributed by atoms with Crippen molar-refractivity contribution in [2.45, 2.75) is 13.8 Å². The number of quaternary nitrogens is 1. The Morgan fingerprint density at radius 2 is 2.04 bits per heavy atom. The zero-order valence-electron chi connectivity index (χ0n) is 14.0. The van der Waals surface area contributed by atoms with Gasteiger partial charge in [-0.2, -0.15) is 0 Å². The maximum atomic E-state index is 13.1. The molecule has 1 aromatic rings. The van der Waals surface area contributed by atoms with E-state index < -0.39 is 5.82 Å². The lowest BCUT2D eigenvalue weighted by molar-refractivity contribution is -0.862. The van der Waals surface area contributed by atoms with Crippen LogP contribution in [0.2, 0.25) is 0 Å². The largest absolute Gasteiger partial charge is 0.334 e. The molecule has 0 bridgehead atoms. The molecule has 0 fully saturated rings. The van der Waals surface area contributed by atoms with Crippen LogP contribution in [0.25, 0.3) is 0 Å². The van der Waals surface area contributed by atoms with Crippen molar-refractivity contribution in [3.63, 3.8) is 0 Å². The van der Waals surface area contributed by atoms with Gasteiger partial charge in [0, 0.05) is 18.8 Å². The zero-order valence-corrected chi connectivity index (χ0v) is 14.0. The van der Waals surface area contributed by atoms with Gasteiger partial charge in [0.15, 0.2) is 13.1 Å². The molecule has 0 saturated heterocycles. The topological polar surface area (TPSA) is 53.9 Å². The second kappa shape index (κ2) is 9.05. The number of likely N-dealkylation sites (N-methyl/N-ethyl adjacent to an activating group) is 2. The van der Waals surface area contributed by atoms with Crippen LogP contribution in [0.5, 0.6) is 0 Å². The minimum absolute atomic E-state index is 0.0217. The van der Waals surface area contributed by atoms with Gasteiger partial charge in [-0.3, -0.25) is 9.59 Å². The minimum atomic E-state index is -0.405. The number of halogens is 1. The van der Waals surface area contributed by atoms with Crippen molar-refractivity contribution < 1.29 is 18.9 Å². The van der Waals surface area contributed by atoms with Crippen LogP contribution >= 0.6 is 0 Å². The third-order valence-corrected chi connectivity index (χ3v) is 3.22. The molecule has 0 saturated carbocycles. The smallest absolute Gasteiger partial charge is 0.279 e. The molecule has 0 radical (unpaired) electrons. The van der Waals surface area contributed by atoms with E-state index in [1.165, 1.54) is 18.2 Å². The maximum absolute atomic E-state index is 13.1. The number of rotatable bonds is 8. The van der Waals surface area contributed by atoms with E-state index in [4.69, 9.17) is 0 Å². The van der Waals surface area contributed by atoms with E-state index in [0.717, 1.165) is 10.5 Å². The summed E-state index contributed by atoms with van der Waals surface area (Å²) in [6.07, 6.45) is 0. The fraction of sp³-hybridized carbons (Fsp3) is 0.412. The van der Waals surface area contributed by atoms with E-state index in [9.17, 15) is 14.0 Å². The normalized spacial score (nSPS) is 11.7. The van der Waals surface area contributed by atoms with E-state index in [2.05, 4.69) is 11.9 Å². The SMILES string of the molecule is C=C(C)CN(CC)C(=O)C[NH+](C)CC(=O)Nc1cccc(F)c1. The number of nitrogens with one attached hydrogen (secondary N) is 2. The lowest BCUT2D eigenvalue weighted by Gasteiger charge is -2.22. The Bertz CT molecular complexity index is 575. The lowest BCUT2D eigenvalue weighted by Crippen LogP contribution is -3.11. The standard InChI is InChI=1S/C17H24FN3O2/c1-5-21(10-13(2)3)17(23)12-20(4)11-16(22)19-15-8-6-7-14(18)9-15/h6-9H,2,5,10-12H2,1,3-4H3,(H,19,22)/p+1. The number of carbonyl (C=O) groups is 2. The molecule has 2 amide bonds. The van der Waals surface area contributed by atoms with Crippen molar-refractivity contribution in [3.8, 4) is 0 Å². The Morgan fingerprint density at radius 3 is 2.61 bits per heavy atom. The van der Waals surface area contributed by atoms with Gasteiger partial charge in [0.1, 0.15) is 5.82 Å². The molecule has 1 unspecified atom stereocenters. The lowest BCUT2D eigenvalue weighted by atomic mass is 10.3. The Morgan fingerprint density at radius 1 is 1.35 bits per heavy atom. The van der Waals surface area contributed by atoms with Crippen LogP contribution in [-0.2, 0) is 9.59 Å². The van der Waals surface area contributed by atoms with Gasteiger partial charge >= 0.3 is 0 Å². The summed E-state index contributed by atoms with van der Waals surface area (Å²) in [5.74, 6) is -0.688. The summed E-state index contributed by atoms with van der Waals surface area (Å²) >= 11 is 0. The molecule has 23 heavy (non-hydrogen) atoms. The molecule has 1 atom stereocenters. The molecule has 6 heteroatoms. The molecule has 126 valence electrons. The summed E-state index contributed by atoms with van der Waals surface area (Å²) in [6, 6.07) is 5.71. The maximum Gasteiger partial charge on any atom is 0.279 e. The van der Waals surface area contributed by atoms with Crippen LogP contribution in [0, 0.1) is 5.82 Å². The fourth-order valence-corrected chi connectivity index (χ4v) is 2.18. The van der Waals surface area contributed by atoms with E-state index in [0.29, 0.717) is 18.8 Å². The average molecular weight is 322 g/mol. The average Bonchev–Trinajstić information content (AvgIpc) is 2.43. The molecule has 0 aliphatic rings. The van der Waals surface area contributed by atoms with Crippen LogP contribution in [0.4, 0.5) is 10.1 Å². The quantitative estimate of drug-likeness (QED) is 0.693. The highest BCUT2D eigenvalue weighted by Gasteiger charge is 2.18. The third-order valence-electron chi connectivity index (χ3n) is 3.22. The van der Waals surface area contributed by atoms with Gasteiger partial charge in [-0.1, -0.05) is 18.2 Å². The molecule has 0 aliphatic carbocycles. The zero-order chi connectivity index (χ0) is 17.4. The van der Waals surface area contributed by atoms with Gasteiger partial charge < -0.3 is 15.1 Å². The second-order valence-electron chi connectivity index (χ2n) is 5.73. The minimum Gasteiger partial charge on any atom is -0.334 e. The number of hydrogen-bond acceptors (Lipinski definition) is 2. The van der Waals surface area contributed by atoms with E-state index in [1.54, 1.807) is 18.0 Å². The second-order valence-corrected chi connectivity index (χ2v) is 5.73. The van der Waals surface area contributed by atoms with Crippen LogP contribution < -0.4 is 10.2 Å². The van der Waals surface area contributed by atoms with Crippen LogP contribution in [0.3, 0.4) is 0 Å². The summed E-state index contributed by atoms with van der Waals surface area (Å²) in [5, 5.41) is 2.62. The first kappa shape index (κ1) is 18.8. The number of anilines is 1. The third kappa shape index (κ3) is 7.06. The molecule has 0 aromatic heterocycles. The monoisotopic (exact) mass is 322 g/mol. The summed E-state index contributed by atoms with van der Waals surface area (Å²) in [6.45, 7) is 9.08. The number of amides is 2. The summed E-state index contributed by atoms with van der Waals surface area (Å²) in [4.78, 5) is 26.6. The van der Waals surface area contributed by atoms with Crippen molar-refractivity contribution in [2.75, 3.05) is 38.5 Å². The van der Waals surface area contributed by atoms with E-state index >= 15 is 0 Å². The molecular formula is C17H25FN3O2+.